The Morgan fingerprint density at radius 1 is 1.11 bits per heavy atom. The predicted octanol–water partition coefficient (Wildman–Crippen LogP) is 3.61. The molecular formula is C15H17NO3. The maximum atomic E-state index is 5.68. The average Bonchev–Trinajstić information content (AvgIpc) is 2.85. The van der Waals surface area contributed by atoms with Crippen LogP contribution in [0.3, 0.4) is 0 Å². The number of furan rings is 1. The van der Waals surface area contributed by atoms with Crippen LogP contribution in [0.5, 0.6) is 11.5 Å². The van der Waals surface area contributed by atoms with E-state index in [4.69, 9.17) is 13.9 Å². The monoisotopic (exact) mass is 259 g/mol. The van der Waals surface area contributed by atoms with Crippen LogP contribution >= 0.6 is 0 Å². The minimum absolute atomic E-state index is 0.184. The minimum atomic E-state index is 0.184. The van der Waals surface area contributed by atoms with Gasteiger partial charge in [-0.3, -0.25) is 0 Å². The molecule has 0 saturated heterocycles. The highest BCUT2D eigenvalue weighted by molar-refractivity contribution is 5.55. The molecule has 1 unspecified atom stereocenters. The Hall–Kier alpha value is -2.10. The zero-order valence-electron chi connectivity index (χ0n) is 10.9. The highest BCUT2D eigenvalue weighted by Crippen LogP contribution is 2.33. The Morgan fingerprint density at radius 3 is 2.74 bits per heavy atom. The van der Waals surface area contributed by atoms with E-state index < -0.39 is 0 Å². The molecule has 0 saturated carbocycles. The van der Waals surface area contributed by atoms with E-state index in [2.05, 4.69) is 12.2 Å². The normalized spacial score (nSPS) is 15.6. The lowest BCUT2D eigenvalue weighted by Gasteiger charge is -2.15. The van der Waals surface area contributed by atoms with E-state index in [-0.39, 0.29) is 6.04 Å². The summed E-state index contributed by atoms with van der Waals surface area (Å²) in [7, 11) is 0. The van der Waals surface area contributed by atoms with Gasteiger partial charge in [0.25, 0.3) is 0 Å². The molecule has 1 aliphatic heterocycles. The molecule has 1 aliphatic rings. The van der Waals surface area contributed by atoms with Gasteiger partial charge in [-0.25, -0.2) is 0 Å². The van der Waals surface area contributed by atoms with Crippen molar-refractivity contribution in [1.82, 2.24) is 0 Å². The van der Waals surface area contributed by atoms with Gasteiger partial charge in [-0.05, 0) is 25.1 Å². The molecule has 0 aliphatic carbocycles. The molecule has 0 fully saturated rings. The number of ether oxygens (including phenoxy) is 2. The SMILES string of the molecule is CC(Nc1ccc2c(c1)OCCCO2)c1ccoc1. The number of benzene rings is 1. The van der Waals surface area contributed by atoms with Gasteiger partial charge in [-0.2, -0.15) is 0 Å². The lowest BCUT2D eigenvalue weighted by atomic mass is 10.1. The molecule has 1 N–H and O–H groups in total. The van der Waals surface area contributed by atoms with E-state index in [1.54, 1.807) is 12.5 Å². The Kier molecular flexibility index (Phi) is 3.31. The van der Waals surface area contributed by atoms with Crippen LogP contribution < -0.4 is 14.8 Å². The molecule has 2 aromatic rings. The highest BCUT2D eigenvalue weighted by Gasteiger charge is 2.12. The number of hydrogen-bond acceptors (Lipinski definition) is 4. The van der Waals surface area contributed by atoms with Gasteiger partial charge in [0, 0.05) is 23.7 Å². The molecule has 1 aromatic carbocycles. The van der Waals surface area contributed by atoms with Crippen molar-refractivity contribution in [3.63, 3.8) is 0 Å². The van der Waals surface area contributed by atoms with Gasteiger partial charge < -0.3 is 19.2 Å². The van der Waals surface area contributed by atoms with Crippen LogP contribution in [0.25, 0.3) is 0 Å². The van der Waals surface area contributed by atoms with E-state index in [1.165, 1.54) is 0 Å². The zero-order chi connectivity index (χ0) is 13.1. The first kappa shape index (κ1) is 12.0. The Labute approximate surface area is 112 Å². The van der Waals surface area contributed by atoms with Gasteiger partial charge in [0.2, 0.25) is 0 Å². The number of anilines is 1. The maximum absolute atomic E-state index is 5.68. The molecule has 4 nitrogen and oxygen atoms in total. The van der Waals surface area contributed by atoms with Gasteiger partial charge in [0.1, 0.15) is 0 Å². The molecular weight excluding hydrogens is 242 g/mol. The topological polar surface area (TPSA) is 43.6 Å². The number of nitrogens with one attached hydrogen (secondary N) is 1. The van der Waals surface area contributed by atoms with Gasteiger partial charge in [0.05, 0.1) is 31.8 Å². The van der Waals surface area contributed by atoms with Crippen molar-refractivity contribution in [1.29, 1.82) is 0 Å². The molecule has 0 spiro atoms. The van der Waals surface area contributed by atoms with Gasteiger partial charge >= 0.3 is 0 Å². The van der Waals surface area contributed by atoms with Crippen LogP contribution in [0.15, 0.2) is 41.2 Å². The Bertz CT molecular complexity index is 536. The molecule has 1 atom stereocenters. The summed E-state index contributed by atoms with van der Waals surface area (Å²) in [5.74, 6) is 1.63. The largest absolute Gasteiger partial charge is 0.490 e. The first-order valence-corrected chi connectivity index (χ1v) is 6.51. The number of fused-ring (bicyclic) bond motifs is 1. The van der Waals surface area contributed by atoms with Crippen LogP contribution in [0.4, 0.5) is 5.69 Å². The van der Waals surface area contributed by atoms with E-state index in [0.717, 1.165) is 29.2 Å². The second-order valence-corrected chi connectivity index (χ2v) is 4.63. The number of rotatable bonds is 3. The Morgan fingerprint density at radius 2 is 1.95 bits per heavy atom. The van der Waals surface area contributed by atoms with E-state index in [9.17, 15) is 0 Å². The fourth-order valence-corrected chi connectivity index (χ4v) is 2.11. The zero-order valence-corrected chi connectivity index (χ0v) is 10.9. The third kappa shape index (κ3) is 2.67. The molecule has 2 heterocycles. The lowest BCUT2D eigenvalue weighted by molar-refractivity contribution is 0.297. The summed E-state index contributed by atoms with van der Waals surface area (Å²) in [4.78, 5) is 0. The summed E-state index contributed by atoms with van der Waals surface area (Å²) in [6, 6.07) is 8.08. The molecule has 19 heavy (non-hydrogen) atoms. The summed E-state index contributed by atoms with van der Waals surface area (Å²) < 4.78 is 16.4. The molecule has 0 amide bonds. The summed E-state index contributed by atoms with van der Waals surface area (Å²) in [5, 5.41) is 3.42. The Balaban J connectivity index is 1.76. The van der Waals surface area contributed by atoms with Gasteiger partial charge in [-0.15, -0.1) is 0 Å². The molecule has 0 bridgehead atoms. The maximum Gasteiger partial charge on any atom is 0.163 e. The van der Waals surface area contributed by atoms with E-state index in [0.29, 0.717) is 13.2 Å². The van der Waals surface area contributed by atoms with Crippen molar-refractivity contribution in [3.8, 4) is 11.5 Å². The minimum Gasteiger partial charge on any atom is -0.490 e. The van der Waals surface area contributed by atoms with Crippen LogP contribution in [-0.2, 0) is 0 Å². The lowest BCUT2D eigenvalue weighted by Crippen LogP contribution is -2.05. The smallest absolute Gasteiger partial charge is 0.163 e. The van der Waals surface area contributed by atoms with Crippen molar-refractivity contribution in [3.05, 3.63) is 42.4 Å². The van der Waals surface area contributed by atoms with Crippen molar-refractivity contribution in [2.24, 2.45) is 0 Å². The van der Waals surface area contributed by atoms with Crippen molar-refractivity contribution < 1.29 is 13.9 Å². The van der Waals surface area contributed by atoms with Crippen LogP contribution in [-0.4, -0.2) is 13.2 Å². The van der Waals surface area contributed by atoms with Crippen molar-refractivity contribution in [2.75, 3.05) is 18.5 Å². The molecule has 4 heteroatoms. The van der Waals surface area contributed by atoms with Gasteiger partial charge in [0.15, 0.2) is 11.5 Å². The summed E-state index contributed by atoms with van der Waals surface area (Å²) in [6.45, 7) is 3.51. The predicted molar refractivity (Wildman–Crippen MR) is 72.8 cm³/mol. The number of hydrogen-bond donors (Lipinski definition) is 1. The quantitative estimate of drug-likeness (QED) is 0.914. The van der Waals surface area contributed by atoms with Crippen molar-refractivity contribution >= 4 is 5.69 Å². The first-order chi connectivity index (χ1) is 9.33. The highest BCUT2D eigenvalue weighted by atomic mass is 16.5. The molecule has 100 valence electrons. The summed E-state index contributed by atoms with van der Waals surface area (Å²) in [5.41, 5.74) is 2.13. The average molecular weight is 259 g/mol. The third-order valence-electron chi connectivity index (χ3n) is 3.17. The van der Waals surface area contributed by atoms with Crippen LogP contribution in [0.1, 0.15) is 24.9 Å². The third-order valence-corrected chi connectivity index (χ3v) is 3.17. The van der Waals surface area contributed by atoms with Crippen LogP contribution in [0.2, 0.25) is 0 Å². The molecule has 1 aromatic heterocycles. The second kappa shape index (κ2) is 5.26. The summed E-state index contributed by atoms with van der Waals surface area (Å²) >= 11 is 0. The molecule has 3 rings (SSSR count). The van der Waals surface area contributed by atoms with E-state index in [1.807, 2.05) is 24.3 Å². The fourth-order valence-electron chi connectivity index (χ4n) is 2.11. The fraction of sp³-hybridized carbons (Fsp3) is 0.333. The standard InChI is InChI=1S/C15H17NO3/c1-11(12-5-8-17-10-12)16-13-3-4-14-15(9-13)19-7-2-6-18-14/h3-5,8-11,16H,2,6-7H2,1H3. The van der Waals surface area contributed by atoms with E-state index >= 15 is 0 Å². The molecule has 0 radical (unpaired) electrons. The van der Waals surface area contributed by atoms with Gasteiger partial charge in [-0.1, -0.05) is 0 Å². The van der Waals surface area contributed by atoms with Crippen LogP contribution in [0, 0.1) is 0 Å². The second-order valence-electron chi connectivity index (χ2n) is 4.63. The van der Waals surface area contributed by atoms with Crippen molar-refractivity contribution in [2.45, 2.75) is 19.4 Å². The first-order valence-electron chi connectivity index (χ1n) is 6.51. The summed E-state index contributed by atoms with van der Waals surface area (Å²) in [6.07, 6.45) is 4.35.